The minimum Gasteiger partial charge on any atom is -0.378 e. The van der Waals surface area contributed by atoms with Gasteiger partial charge in [0.1, 0.15) is 0 Å². The van der Waals surface area contributed by atoms with Crippen LogP contribution >= 0.6 is 0 Å². The Kier molecular flexibility index (Phi) is 4.86. The van der Waals surface area contributed by atoms with E-state index >= 15 is 0 Å². The highest BCUT2D eigenvalue weighted by Gasteiger charge is 2.30. The van der Waals surface area contributed by atoms with Gasteiger partial charge in [0, 0.05) is 19.1 Å². The monoisotopic (exact) mass is 225 g/mol. The Hall–Kier alpha value is -0.290. The summed E-state index contributed by atoms with van der Waals surface area (Å²) >= 11 is 0. The van der Waals surface area contributed by atoms with Gasteiger partial charge < -0.3 is 10.1 Å². The molecule has 0 amide bonds. The topological polar surface area (TPSA) is 21.3 Å². The number of halogens is 3. The van der Waals surface area contributed by atoms with Crippen molar-refractivity contribution in [2.75, 3.05) is 13.2 Å². The molecule has 0 bridgehead atoms. The molecule has 0 aromatic heterocycles. The molecule has 0 unspecified atom stereocenters. The quantitative estimate of drug-likeness (QED) is 0.701. The Morgan fingerprint density at radius 1 is 1.33 bits per heavy atom. The first-order valence-electron chi connectivity index (χ1n) is 5.43. The van der Waals surface area contributed by atoms with Gasteiger partial charge in [0.25, 0.3) is 0 Å². The van der Waals surface area contributed by atoms with Gasteiger partial charge in [-0.25, -0.2) is 0 Å². The summed E-state index contributed by atoms with van der Waals surface area (Å²) in [5.41, 5.74) is 0. The second kappa shape index (κ2) is 5.70. The minimum atomic E-state index is -4.05. The first kappa shape index (κ1) is 12.8. The first-order chi connectivity index (χ1) is 7.01. The third kappa shape index (κ3) is 5.37. The molecule has 0 aliphatic heterocycles. The average Bonchev–Trinajstić information content (AvgIpc) is 2.05. The van der Waals surface area contributed by atoms with Gasteiger partial charge in [0.15, 0.2) is 0 Å². The zero-order valence-corrected chi connectivity index (χ0v) is 8.94. The summed E-state index contributed by atoms with van der Waals surface area (Å²) < 4.78 is 40.6. The van der Waals surface area contributed by atoms with Crippen LogP contribution in [0.1, 0.15) is 32.6 Å². The molecule has 0 aromatic rings. The van der Waals surface area contributed by atoms with E-state index in [1.54, 1.807) is 0 Å². The molecule has 15 heavy (non-hydrogen) atoms. The van der Waals surface area contributed by atoms with Crippen LogP contribution in [0.25, 0.3) is 0 Å². The van der Waals surface area contributed by atoms with Gasteiger partial charge in [0.05, 0.1) is 6.10 Å². The Labute approximate surface area is 88.2 Å². The molecular formula is C10H18F3NO. The number of hydrogen-bond acceptors (Lipinski definition) is 2. The van der Waals surface area contributed by atoms with Crippen molar-refractivity contribution < 1.29 is 17.9 Å². The van der Waals surface area contributed by atoms with E-state index in [0.717, 1.165) is 19.4 Å². The van der Waals surface area contributed by atoms with E-state index in [0.29, 0.717) is 6.04 Å². The molecule has 1 N–H and O–H groups in total. The van der Waals surface area contributed by atoms with Gasteiger partial charge in [-0.05, 0) is 25.8 Å². The lowest BCUT2D eigenvalue weighted by Gasteiger charge is -2.35. The van der Waals surface area contributed by atoms with Gasteiger partial charge in [-0.1, -0.05) is 6.92 Å². The summed E-state index contributed by atoms with van der Waals surface area (Å²) in [5, 5.41) is 3.27. The van der Waals surface area contributed by atoms with E-state index in [4.69, 9.17) is 4.74 Å². The summed E-state index contributed by atoms with van der Waals surface area (Å²) in [7, 11) is 0. The third-order valence-electron chi connectivity index (χ3n) is 2.55. The van der Waals surface area contributed by atoms with Crippen LogP contribution in [0.2, 0.25) is 0 Å². The van der Waals surface area contributed by atoms with E-state index in [9.17, 15) is 13.2 Å². The van der Waals surface area contributed by atoms with Crippen LogP contribution in [0.4, 0.5) is 13.2 Å². The van der Waals surface area contributed by atoms with Crippen molar-refractivity contribution in [2.45, 2.75) is 50.9 Å². The van der Waals surface area contributed by atoms with Crippen LogP contribution in [0, 0.1) is 0 Å². The minimum absolute atomic E-state index is 0.0753. The second-order valence-electron chi connectivity index (χ2n) is 3.94. The smallest absolute Gasteiger partial charge is 0.378 e. The molecule has 0 aromatic carbocycles. The van der Waals surface area contributed by atoms with Gasteiger partial charge in [0.2, 0.25) is 0 Å². The van der Waals surface area contributed by atoms with Crippen LogP contribution in [0.15, 0.2) is 0 Å². The molecule has 0 saturated heterocycles. The van der Waals surface area contributed by atoms with Gasteiger partial charge in [-0.2, -0.15) is 13.2 Å². The zero-order chi connectivity index (χ0) is 11.3. The third-order valence-corrected chi connectivity index (χ3v) is 2.55. The summed E-state index contributed by atoms with van der Waals surface area (Å²) in [6.07, 6.45) is -2.68. The molecule has 1 fully saturated rings. The number of alkyl halides is 3. The van der Waals surface area contributed by atoms with Crippen molar-refractivity contribution >= 4 is 0 Å². The molecule has 1 saturated carbocycles. The van der Waals surface area contributed by atoms with E-state index < -0.39 is 12.6 Å². The highest BCUT2D eigenvalue weighted by atomic mass is 19.4. The van der Waals surface area contributed by atoms with Crippen LogP contribution in [0.5, 0.6) is 0 Å². The van der Waals surface area contributed by atoms with Crippen LogP contribution in [-0.2, 0) is 4.74 Å². The van der Waals surface area contributed by atoms with Crippen molar-refractivity contribution in [3.8, 4) is 0 Å². The molecule has 2 nitrogen and oxygen atoms in total. The van der Waals surface area contributed by atoms with Gasteiger partial charge in [-0.15, -0.1) is 0 Å². The number of ether oxygens (including phenoxy) is 1. The Balaban J connectivity index is 1.91. The molecular weight excluding hydrogens is 207 g/mol. The van der Waals surface area contributed by atoms with E-state index in [-0.39, 0.29) is 19.1 Å². The first-order valence-corrected chi connectivity index (χ1v) is 5.43. The van der Waals surface area contributed by atoms with E-state index in [1.165, 1.54) is 0 Å². The average molecular weight is 225 g/mol. The molecule has 0 radical (unpaired) electrons. The molecule has 1 aliphatic rings. The van der Waals surface area contributed by atoms with Crippen molar-refractivity contribution in [3.05, 3.63) is 0 Å². The fourth-order valence-electron chi connectivity index (χ4n) is 1.68. The summed E-state index contributed by atoms with van der Waals surface area (Å²) in [4.78, 5) is 0. The highest BCUT2D eigenvalue weighted by Crippen LogP contribution is 2.25. The Morgan fingerprint density at radius 3 is 2.53 bits per heavy atom. The number of rotatable bonds is 6. The second-order valence-corrected chi connectivity index (χ2v) is 3.94. The number of nitrogens with one attached hydrogen (secondary N) is 1. The van der Waals surface area contributed by atoms with Gasteiger partial charge >= 0.3 is 6.18 Å². The van der Waals surface area contributed by atoms with Crippen LogP contribution < -0.4 is 5.32 Å². The molecule has 90 valence electrons. The number of hydrogen-bond donors (Lipinski definition) is 1. The maximum atomic E-state index is 11.8. The largest absolute Gasteiger partial charge is 0.389 e. The standard InChI is InChI=1S/C10H18F3NO/c1-2-14-8-6-9(7-8)15-5-3-4-10(11,12)13/h8-9,14H,2-7H2,1H3. The lowest BCUT2D eigenvalue weighted by Crippen LogP contribution is -2.45. The fourth-order valence-corrected chi connectivity index (χ4v) is 1.68. The zero-order valence-electron chi connectivity index (χ0n) is 8.94. The highest BCUT2D eigenvalue weighted by molar-refractivity contribution is 4.85. The predicted molar refractivity (Wildman–Crippen MR) is 51.7 cm³/mol. The van der Waals surface area contributed by atoms with Gasteiger partial charge in [-0.3, -0.25) is 0 Å². The normalized spacial score (nSPS) is 26.4. The molecule has 5 heteroatoms. The molecule has 1 rings (SSSR count). The fraction of sp³-hybridized carbons (Fsp3) is 1.00. The van der Waals surface area contributed by atoms with Crippen LogP contribution in [0.3, 0.4) is 0 Å². The molecule has 0 spiro atoms. The van der Waals surface area contributed by atoms with E-state index in [2.05, 4.69) is 5.32 Å². The SMILES string of the molecule is CCNC1CC(OCCCC(F)(F)F)C1. The molecule has 0 heterocycles. The molecule has 1 aliphatic carbocycles. The summed E-state index contributed by atoms with van der Waals surface area (Å²) in [6, 6.07) is 0.502. The molecule has 0 atom stereocenters. The van der Waals surface area contributed by atoms with Crippen molar-refractivity contribution in [3.63, 3.8) is 0 Å². The Bertz CT molecular complexity index is 178. The van der Waals surface area contributed by atoms with Crippen molar-refractivity contribution in [2.24, 2.45) is 0 Å². The lowest BCUT2D eigenvalue weighted by molar-refractivity contribution is -0.140. The van der Waals surface area contributed by atoms with E-state index in [1.807, 2.05) is 6.92 Å². The van der Waals surface area contributed by atoms with Crippen LogP contribution in [-0.4, -0.2) is 31.5 Å². The lowest BCUT2D eigenvalue weighted by atomic mass is 9.89. The van der Waals surface area contributed by atoms with Crippen molar-refractivity contribution in [1.82, 2.24) is 5.32 Å². The predicted octanol–water partition coefficient (Wildman–Crippen LogP) is 2.49. The maximum Gasteiger partial charge on any atom is 0.389 e. The summed E-state index contributed by atoms with van der Waals surface area (Å²) in [6.45, 7) is 3.20. The summed E-state index contributed by atoms with van der Waals surface area (Å²) in [5.74, 6) is 0. The van der Waals surface area contributed by atoms with Crippen molar-refractivity contribution in [1.29, 1.82) is 0 Å². The maximum absolute atomic E-state index is 11.8. The Morgan fingerprint density at radius 2 is 2.00 bits per heavy atom.